The Kier molecular flexibility index (Phi) is 7.62. The Hall–Kier alpha value is -3.05. The van der Waals surface area contributed by atoms with Gasteiger partial charge in [-0.2, -0.15) is 0 Å². The van der Waals surface area contributed by atoms with Crippen LogP contribution in [-0.2, 0) is 13.2 Å². The predicted molar refractivity (Wildman–Crippen MR) is 129 cm³/mol. The summed E-state index contributed by atoms with van der Waals surface area (Å²) in [6, 6.07) is 21.2. The van der Waals surface area contributed by atoms with Crippen molar-refractivity contribution in [3.63, 3.8) is 0 Å². The van der Waals surface area contributed by atoms with E-state index in [1.165, 1.54) is 11.3 Å². The van der Waals surface area contributed by atoms with Crippen LogP contribution in [0.25, 0.3) is 0 Å². The first-order valence-electron chi connectivity index (χ1n) is 11.5. The van der Waals surface area contributed by atoms with E-state index < -0.39 is 0 Å². The van der Waals surface area contributed by atoms with E-state index in [1.54, 1.807) is 0 Å². The fraction of sp³-hybridized carbons (Fsp3) is 0.370. The van der Waals surface area contributed by atoms with Crippen molar-refractivity contribution >= 4 is 5.69 Å². The second-order valence-corrected chi connectivity index (χ2v) is 8.37. The summed E-state index contributed by atoms with van der Waals surface area (Å²) in [5.74, 6) is 1.63. The Morgan fingerprint density at radius 1 is 0.938 bits per heavy atom. The van der Waals surface area contributed by atoms with Crippen molar-refractivity contribution in [3.05, 3.63) is 83.7 Å². The van der Waals surface area contributed by atoms with Gasteiger partial charge in [-0.3, -0.25) is 9.88 Å². The number of ether oxygens (including phenoxy) is 2. The zero-order valence-electron chi connectivity index (χ0n) is 19.1. The first-order valence-corrected chi connectivity index (χ1v) is 11.5. The summed E-state index contributed by atoms with van der Waals surface area (Å²) in [6.45, 7) is 8.29. The van der Waals surface area contributed by atoms with Crippen LogP contribution in [0.15, 0.2) is 66.9 Å². The van der Waals surface area contributed by atoms with Crippen molar-refractivity contribution in [2.75, 3.05) is 25.0 Å². The van der Waals surface area contributed by atoms with Gasteiger partial charge in [0, 0.05) is 43.3 Å². The van der Waals surface area contributed by atoms with E-state index in [0.717, 1.165) is 55.2 Å². The van der Waals surface area contributed by atoms with Crippen LogP contribution in [0.1, 0.15) is 36.6 Å². The predicted octanol–water partition coefficient (Wildman–Crippen LogP) is 5.44. The molecule has 1 N–H and O–H groups in total. The van der Waals surface area contributed by atoms with E-state index in [-0.39, 0.29) is 0 Å². The maximum atomic E-state index is 6.05. The van der Waals surface area contributed by atoms with Gasteiger partial charge in [0.05, 0.1) is 6.61 Å². The first kappa shape index (κ1) is 22.2. The van der Waals surface area contributed by atoms with Gasteiger partial charge in [-0.25, -0.2) is 0 Å². The molecule has 0 saturated carbocycles. The number of nitrogens with one attached hydrogen (secondary N) is 1. The molecule has 5 heteroatoms. The highest BCUT2D eigenvalue weighted by atomic mass is 16.5. The third-order valence-electron chi connectivity index (χ3n) is 5.81. The number of nitrogens with zero attached hydrogens (tertiary/aromatic N) is 2. The molecule has 0 aliphatic carbocycles. The zero-order chi connectivity index (χ0) is 22.2. The van der Waals surface area contributed by atoms with E-state index in [0.29, 0.717) is 19.3 Å². The van der Waals surface area contributed by atoms with Gasteiger partial charge in [-0.1, -0.05) is 36.4 Å². The van der Waals surface area contributed by atoms with Crippen LogP contribution in [0.3, 0.4) is 0 Å². The monoisotopic (exact) mass is 431 g/mol. The normalized spacial score (nSPS) is 14.8. The Morgan fingerprint density at radius 2 is 1.75 bits per heavy atom. The van der Waals surface area contributed by atoms with Gasteiger partial charge in [0.15, 0.2) is 11.5 Å². The fourth-order valence-electron chi connectivity index (χ4n) is 4.14. The summed E-state index contributed by atoms with van der Waals surface area (Å²) < 4.78 is 11.9. The molecule has 0 bridgehead atoms. The number of likely N-dealkylation sites (tertiary alicyclic amines) is 1. The molecule has 1 aliphatic heterocycles. The molecular weight excluding hydrogens is 398 g/mol. The molecule has 0 unspecified atom stereocenters. The molecular formula is C27H33N3O2. The lowest BCUT2D eigenvalue weighted by Crippen LogP contribution is -2.38. The van der Waals surface area contributed by atoms with E-state index in [9.17, 15) is 0 Å². The maximum Gasteiger partial charge on any atom is 0.161 e. The Morgan fingerprint density at radius 3 is 2.50 bits per heavy atom. The second-order valence-electron chi connectivity index (χ2n) is 8.37. The quantitative estimate of drug-likeness (QED) is 0.489. The summed E-state index contributed by atoms with van der Waals surface area (Å²) >= 11 is 0. The average Bonchev–Trinajstić information content (AvgIpc) is 2.81. The van der Waals surface area contributed by atoms with Gasteiger partial charge in [-0.15, -0.1) is 0 Å². The number of anilines is 1. The molecule has 0 spiro atoms. The molecule has 3 aromatic rings. The minimum atomic E-state index is 0.515. The van der Waals surface area contributed by atoms with E-state index in [1.807, 2.05) is 44.3 Å². The lowest BCUT2D eigenvalue weighted by molar-refractivity contribution is 0.210. The molecule has 5 nitrogen and oxygen atoms in total. The van der Waals surface area contributed by atoms with Crippen molar-refractivity contribution < 1.29 is 9.47 Å². The third-order valence-corrected chi connectivity index (χ3v) is 5.81. The first-order chi connectivity index (χ1) is 15.7. The average molecular weight is 432 g/mol. The standard InChI is InChI=1S/C27H33N3O2/c1-3-31-27-18-23(9-10-26(27)32-20-22-7-5-4-6-8-22)19-30-15-12-24(13-16-30)29-25-11-14-28-21(2)17-25/h4-11,14,17-18,24H,3,12-13,15-16,19-20H2,1-2H3,(H,28,29). The van der Waals surface area contributed by atoms with Gasteiger partial charge >= 0.3 is 0 Å². The highest BCUT2D eigenvalue weighted by Crippen LogP contribution is 2.30. The smallest absolute Gasteiger partial charge is 0.161 e. The maximum absolute atomic E-state index is 6.05. The summed E-state index contributed by atoms with van der Waals surface area (Å²) in [4.78, 5) is 6.80. The van der Waals surface area contributed by atoms with Crippen LogP contribution >= 0.6 is 0 Å². The number of rotatable bonds is 9. The second kappa shape index (κ2) is 11.0. The Bertz CT molecular complexity index is 985. The van der Waals surface area contributed by atoms with Gasteiger partial charge < -0.3 is 14.8 Å². The largest absolute Gasteiger partial charge is 0.490 e. The third kappa shape index (κ3) is 6.24. The van der Waals surface area contributed by atoms with E-state index >= 15 is 0 Å². The Balaban J connectivity index is 1.31. The molecule has 1 aliphatic rings. The number of aromatic nitrogens is 1. The van der Waals surface area contributed by atoms with E-state index in [2.05, 4.69) is 51.6 Å². The molecule has 32 heavy (non-hydrogen) atoms. The zero-order valence-corrected chi connectivity index (χ0v) is 19.1. The molecule has 1 aromatic heterocycles. The van der Waals surface area contributed by atoms with Crippen molar-refractivity contribution in [1.29, 1.82) is 0 Å². The van der Waals surface area contributed by atoms with Gasteiger partial charge in [0.1, 0.15) is 6.61 Å². The van der Waals surface area contributed by atoms with Gasteiger partial charge in [-0.05, 0) is 62.1 Å². The van der Waals surface area contributed by atoms with Gasteiger partial charge in [0.25, 0.3) is 0 Å². The number of piperidine rings is 1. The molecule has 1 fully saturated rings. The SMILES string of the molecule is CCOc1cc(CN2CCC(Nc3ccnc(C)c3)CC2)ccc1OCc1ccccc1. The molecule has 0 atom stereocenters. The highest BCUT2D eigenvalue weighted by Gasteiger charge is 2.20. The Labute approximate surface area is 191 Å². The molecule has 0 radical (unpaired) electrons. The molecule has 168 valence electrons. The van der Waals surface area contributed by atoms with Crippen LogP contribution in [0.5, 0.6) is 11.5 Å². The van der Waals surface area contributed by atoms with Crippen LogP contribution in [-0.4, -0.2) is 35.6 Å². The topological polar surface area (TPSA) is 46.6 Å². The van der Waals surface area contributed by atoms with Crippen molar-refractivity contribution in [2.24, 2.45) is 0 Å². The van der Waals surface area contributed by atoms with Gasteiger partial charge in [0.2, 0.25) is 0 Å². The van der Waals surface area contributed by atoms with Crippen molar-refractivity contribution in [1.82, 2.24) is 9.88 Å². The van der Waals surface area contributed by atoms with Crippen LogP contribution < -0.4 is 14.8 Å². The number of aryl methyl sites for hydroxylation is 1. The van der Waals surface area contributed by atoms with Crippen LogP contribution in [0, 0.1) is 6.92 Å². The molecule has 4 rings (SSSR count). The molecule has 1 saturated heterocycles. The minimum absolute atomic E-state index is 0.515. The summed E-state index contributed by atoms with van der Waals surface area (Å²) in [5.41, 5.74) is 4.63. The number of pyridine rings is 1. The van der Waals surface area contributed by atoms with Crippen LogP contribution in [0.2, 0.25) is 0 Å². The number of hydrogen-bond acceptors (Lipinski definition) is 5. The highest BCUT2D eigenvalue weighted by molar-refractivity contribution is 5.44. The summed E-state index contributed by atoms with van der Waals surface area (Å²) in [6.07, 6.45) is 4.14. The molecule has 0 amide bonds. The fourth-order valence-corrected chi connectivity index (χ4v) is 4.14. The summed E-state index contributed by atoms with van der Waals surface area (Å²) in [7, 11) is 0. The number of benzene rings is 2. The van der Waals surface area contributed by atoms with Crippen molar-refractivity contribution in [3.8, 4) is 11.5 Å². The molecule has 2 aromatic carbocycles. The lowest BCUT2D eigenvalue weighted by atomic mass is 10.0. The lowest BCUT2D eigenvalue weighted by Gasteiger charge is -2.33. The summed E-state index contributed by atoms with van der Waals surface area (Å²) in [5, 5.41) is 3.66. The van der Waals surface area contributed by atoms with Crippen molar-refractivity contribution in [2.45, 2.75) is 45.9 Å². The minimum Gasteiger partial charge on any atom is -0.490 e. The van der Waals surface area contributed by atoms with Crippen LogP contribution in [0.4, 0.5) is 5.69 Å². The number of hydrogen-bond donors (Lipinski definition) is 1. The molecule has 2 heterocycles. The van der Waals surface area contributed by atoms with E-state index in [4.69, 9.17) is 9.47 Å².